The first-order valence-corrected chi connectivity index (χ1v) is 4.24. The van der Waals surface area contributed by atoms with Gasteiger partial charge >= 0.3 is 0 Å². The second-order valence-electron chi connectivity index (χ2n) is 2.52. The predicted octanol–water partition coefficient (Wildman–Crippen LogP) is -0.558. The molecule has 3 N–H and O–H groups in total. The van der Waals surface area contributed by atoms with Crippen LogP contribution >= 0.6 is 0 Å². The quantitative estimate of drug-likeness (QED) is 0.511. The molecule has 1 aromatic heterocycles. The normalized spacial score (nSPS) is 10.9. The van der Waals surface area contributed by atoms with Gasteiger partial charge in [0.2, 0.25) is 5.91 Å². The molecule has 1 rings (SSSR count). The molecule has 15 heavy (non-hydrogen) atoms. The minimum atomic E-state index is -0.346. The van der Waals surface area contributed by atoms with Crippen molar-refractivity contribution in [2.45, 2.75) is 0 Å². The molecule has 1 heterocycles. The lowest BCUT2D eigenvalue weighted by molar-refractivity contribution is -0.118. The lowest BCUT2D eigenvalue weighted by Crippen LogP contribution is -2.36. The van der Waals surface area contributed by atoms with Crippen molar-refractivity contribution in [3.8, 4) is 0 Å². The van der Waals surface area contributed by atoms with Gasteiger partial charge in [0.15, 0.2) is 5.84 Å². The van der Waals surface area contributed by atoms with Crippen molar-refractivity contribution in [1.82, 2.24) is 15.5 Å². The number of aliphatic imine (C=N–C) groups is 1. The van der Waals surface area contributed by atoms with Gasteiger partial charge in [-0.15, -0.1) is 5.10 Å². The number of nitrogens with one attached hydrogen (secondary N) is 1. The molecule has 1 amide bonds. The largest absolute Gasteiger partial charge is 0.322 e. The molecule has 0 saturated carbocycles. The third kappa shape index (κ3) is 3.28. The van der Waals surface area contributed by atoms with Crippen LogP contribution in [0, 0.1) is 0 Å². The summed E-state index contributed by atoms with van der Waals surface area (Å²) in [4.78, 5) is 14.9. The van der Waals surface area contributed by atoms with E-state index in [9.17, 15) is 4.79 Å². The van der Waals surface area contributed by atoms with Gasteiger partial charge in [0.25, 0.3) is 0 Å². The minimum absolute atomic E-state index is 0.115. The maximum atomic E-state index is 11.1. The molecule has 0 aliphatic rings. The Morgan fingerprint density at radius 1 is 1.73 bits per heavy atom. The minimum Gasteiger partial charge on any atom is -0.322 e. The van der Waals surface area contributed by atoms with Crippen LogP contribution in [0.5, 0.6) is 0 Å². The van der Waals surface area contributed by atoms with Crippen molar-refractivity contribution in [1.29, 1.82) is 0 Å². The monoisotopic (exact) mass is 205 g/mol. The molecule has 0 aromatic carbocycles. The van der Waals surface area contributed by atoms with E-state index < -0.39 is 0 Å². The Labute approximate surface area is 86.9 Å². The van der Waals surface area contributed by atoms with E-state index in [1.807, 2.05) is 0 Å². The van der Waals surface area contributed by atoms with E-state index in [1.54, 1.807) is 12.1 Å². The summed E-state index contributed by atoms with van der Waals surface area (Å²) in [6.45, 7) is 3.33. The summed E-state index contributed by atoms with van der Waals surface area (Å²) in [6, 6.07) is 3.36. The number of nitrogens with two attached hydrogens (primary N) is 1. The molecular weight excluding hydrogens is 194 g/mol. The maximum absolute atomic E-state index is 11.1. The molecule has 0 aliphatic heterocycles. The average Bonchev–Trinajstić information content (AvgIpc) is 2.29. The van der Waals surface area contributed by atoms with E-state index in [2.05, 4.69) is 27.1 Å². The number of carbonyl (C=O) groups excluding carboxylic acids is 1. The Kier molecular flexibility index (Phi) is 4.11. The zero-order valence-corrected chi connectivity index (χ0v) is 8.05. The van der Waals surface area contributed by atoms with E-state index >= 15 is 0 Å². The van der Waals surface area contributed by atoms with E-state index in [1.165, 1.54) is 12.4 Å². The van der Waals surface area contributed by atoms with Gasteiger partial charge in [0.05, 0.1) is 6.54 Å². The number of aromatic nitrogens is 2. The van der Waals surface area contributed by atoms with Gasteiger partial charge in [-0.05, 0) is 12.1 Å². The molecule has 78 valence electrons. The first-order chi connectivity index (χ1) is 7.27. The Morgan fingerprint density at radius 2 is 2.53 bits per heavy atom. The second-order valence-corrected chi connectivity index (χ2v) is 2.52. The smallest absolute Gasteiger partial charge is 0.239 e. The van der Waals surface area contributed by atoms with Gasteiger partial charge in [-0.1, -0.05) is 6.58 Å². The third-order valence-electron chi connectivity index (χ3n) is 1.48. The molecule has 6 nitrogen and oxygen atoms in total. The predicted molar refractivity (Wildman–Crippen MR) is 56.0 cm³/mol. The summed E-state index contributed by atoms with van der Waals surface area (Å²) in [5.74, 6) is -0.0604. The van der Waals surface area contributed by atoms with Crippen molar-refractivity contribution in [3.05, 3.63) is 36.8 Å². The lowest BCUT2D eigenvalue weighted by atomic mass is 10.3. The van der Waals surface area contributed by atoms with Gasteiger partial charge in [0.1, 0.15) is 5.69 Å². The number of rotatable bonds is 3. The molecule has 0 radical (unpaired) electrons. The van der Waals surface area contributed by atoms with Crippen LogP contribution in [0.1, 0.15) is 5.69 Å². The average molecular weight is 205 g/mol. The molecule has 1 aromatic rings. The first-order valence-electron chi connectivity index (χ1n) is 4.24. The van der Waals surface area contributed by atoms with Gasteiger partial charge in [-0.2, -0.15) is 5.10 Å². The molecule has 0 atom stereocenters. The zero-order chi connectivity index (χ0) is 11.1. The number of nitrogens with zero attached hydrogens (tertiary/aromatic N) is 3. The SMILES string of the molecule is C=CN=C(NC(=O)CN)c1cccnn1. The fourth-order valence-corrected chi connectivity index (χ4v) is 0.865. The van der Waals surface area contributed by atoms with Gasteiger partial charge in [-0.25, -0.2) is 4.99 Å². The maximum Gasteiger partial charge on any atom is 0.239 e. The van der Waals surface area contributed by atoms with E-state index in [0.717, 1.165) is 0 Å². The molecular formula is C9H11N5O. The molecule has 6 heteroatoms. The lowest BCUT2D eigenvalue weighted by Gasteiger charge is -2.04. The van der Waals surface area contributed by atoms with Crippen LogP contribution in [0.4, 0.5) is 0 Å². The summed E-state index contributed by atoms with van der Waals surface area (Å²) in [5.41, 5.74) is 5.62. The van der Waals surface area contributed by atoms with Crippen molar-refractivity contribution in [2.24, 2.45) is 10.7 Å². The van der Waals surface area contributed by atoms with Crippen LogP contribution in [0.25, 0.3) is 0 Å². The van der Waals surface area contributed by atoms with Crippen LogP contribution in [0.3, 0.4) is 0 Å². The zero-order valence-electron chi connectivity index (χ0n) is 8.05. The number of amides is 1. The van der Waals surface area contributed by atoms with Crippen LogP contribution in [0.2, 0.25) is 0 Å². The Morgan fingerprint density at radius 3 is 3.07 bits per heavy atom. The van der Waals surface area contributed by atoms with Crippen molar-refractivity contribution >= 4 is 11.7 Å². The highest BCUT2D eigenvalue weighted by atomic mass is 16.1. The number of hydrogen-bond donors (Lipinski definition) is 2. The topological polar surface area (TPSA) is 93.3 Å². The van der Waals surface area contributed by atoms with E-state index in [4.69, 9.17) is 5.73 Å². The summed E-state index contributed by atoms with van der Waals surface area (Å²) in [5, 5.41) is 9.97. The van der Waals surface area contributed by atoms with Crippen LogP contribution in [0.15, 0.2) is 36.1 Å². The standard InChI is InChI=1S/C9H11N5O/c1-2-11-9(13-8(15)6-10)7-4-3-5-12-14-7/h2-5H,1,6,10H2,(H,11,13,15). The fraction of sp³-hybridized carbons (Fsp3) is 0.111. The molecule has 0 fully saturated rings. The molecule has 0 spiro atoms. The van der Waals surface area contributed by atoms with E-state index in [0.29, 0.717) is 5.69 Å². The van der Waals surface area contributed by atoms with Crippen molar-refractivity contribution in [3.63, 3.8) is 0 Å². The van der Waals surface area contributed by atoms with E-state index in [-0.39, 0.29) is 18.3 Å². The highest BCUT2D eigenvalue weighted by Gasteiger charge is 2.07. The van der Waals surface area contributed by atoms with Crippen molar-refractivity contribution < 1.29 is 4.79 Å². The Bertz CT molecular complexity index is 373. The number of amidine groups is 1. The molecule has 0 saturated heterocycles. The van der Waals surface area contributed by atoms with Crippen LogP contribution in [-0.2, 0) is 4.79 Å². The summed E-state index contributed by atoms with van der Waals surface area (Å²) in [7, 11) is 0. The highest BCUT2D eigenvalue weighted by molar-refractivity contribution is 6.07. The third-order valence-corrected chi connectivity index (χ3v) is 1.48. The first kappa shape index (κ1) is 11.0. The highest BCUT2D eigenvalue weighted by Crippen LogP contribution is 1.93. The second kappa shape index (κ2) is 5.61. The van der Waals surface area contributed by atoms with Gasteiger partial charge < -0.3 is 11.1 Å². The molecule has 0 bridgehead atoms. The molecule has 0 unspecified atom stereocenters. The number of carbonyl (C=O) groups is 1. The van der Waals surface area contributed by atoms with Crippen LogP contribution < -0.4 is 11.1 Å². The molecule has 0 aliphatic carbocycles. The summed E-state index contributed by atoms with van der Waals surface area (Å²) in [6.07, 6.45) is 2.83. The Balaban J connectivity index is 2.89. The summed E-state index contributed by atoms with van der Waals surface area (Å²) >= 11 is 0. The van der Waals surface area contributed by atoms with Crippen molar-refractivity contribution in [2.75, 3.05) is 6.54 Å². The van der Waals surface area contributed by atoms with Crippen LogP contribution in [-0.4, -0.2) is 28.5 Å². The summed E-state index contributed by atoms with van der Waals surface area (Å²) < 4.78 is 0. The number of hydrogen-bond acceptors (Lipinski definition) is 5. The van der Waals surface area contributed by atoms with Gasteiger partial charge in [-0.3, -0.25) is 4.79 Å². The fourth-order valence-electron chi connectivity index (χ4n) is 0.865. The Hall–Kier alpha value is -2.08. The van der Waals surface area contributed by atoms with Gasteiger partial charge in [0, 0.05) is 12.4 Å².